The van der Waals surface area contributed by atoms with Gasteiger partial charge in [0.2, 0.25) is 17.7 Å². The van der Waals surface area contributed by atoms with Crippen LogP contribution in [-0.2, 0) is 19.2 Å². The molecule has 1 heterocycles. The van der Waals surface area contributed by atoms with Gasteiger partial charge in [-0.2, -0.15) is 0 Å². The maximum absolute atomic E-state index is 12.4. The van der Waals surface area contributed by atoms with E-state index in [-0.39, 0.29) is 19.3 Å². The Morgan fingerprint density at radius 3 is 2.25 bits per heavy atom. The van der Waals surface area contributed by atoms with Crippen LogP contribution in [0.25, 0.3) is 0 Å². The van der Waals surface area contributed by atoms with Gasteiger partial charge in [0, 0.05) is 12.8 Å². The van der Waals surface area contributed by atoms with Gasteiger partial charge in [0.1, 0.15) is 6.04 Å². The van der Waals surface area contributed by atoms with Crippen LogP contribution in [0.15, 0.2) is 0 Å². The van der Waals surface area contributed by atoms with Gasteiger partial charge in [0.05, 0.1) is 5.41 Å². The fourth-order valence-electron chi connectivity index (χ4n) is 2.58. The zero-order chi connectivity index (χ0) is 15.5. The van der Waals surface area contributed by atoms with Crippen molar-refractivity contribution < 1.29 is 24.3 Å². The summed E-state index contributed by atoms with van der Waals surface area (Å²) in [6.45, 7) is 3.61. The molecule has 0 saturated carbocycles. The summed E-state index contributed by atoms with van der Waals surface area (Å²) < 4.78 is 0. The number of hydrogen-bond donors (Lipinski definition) is 2. The number of amides is 3. The third kappa shape index (κ3) is 2.81. The van der Waals surface area contributed by atoms with Crippen LogP contribution < -0.4 is 5.73 Å². The van der Waals surface area contributed by atoms with Crippen molar-refractivity contribution in [1.29, 1.82) is 0 Å². The Morgan fingerprint density at radius 2 is 1.90 bits per heavy atom. The number of carboxylic acid groups (broad SMARTS) is 1. The molecule has 112 valence electrons. The topological polar surface area (TPSA) is 118 Å². The van der Waals surface area contributed by atoms with E-state index in [9.17, 15) is 24.3 Å². The van der Waals surface area contributed by atoms with Crippen molar-refractivity contribution in [2.24, 2.45) is 11.1 Å². The molecule has 1 saturated heterocycles. The SMILES string of the molecule is CCC1(CC)CC(=O)N(C(CCC(N)=O)C(=O)O)C1=O. The minimum absolute atomic E-state index is 0.0270. The summed E-state index contributed by atoms with van der Waals surface area (Å²) in [6.07, 6.45) is 0.656. The number of nitrogens with two attached hydrogens (primary N) is 1. The summed E-state index contributed by atoms with van der Waals surface area (Å²) in [4.78, 5) is 47.3. The summed E-state index contributed by atoms with van der Waals surface area (Å²) in [6, 6.07) is -1.32. The Balaban J connectivity index is 3.02. The van der Waals surface area contributed by atoms with Crippen molar-refractivity contribution in [2.75, 3.05) is 0 Å². The average molecular weight is 284 g/mol. The van der Waals surface area contributed by atoms with Gasteiger partial charge in [-0.3, -0.25) is 19.3 Å². The van der Waals surface area contributed by atoms with Crippen LogP contribution in [0.5, 0.6) is 0 Å². The summed E-state index contributed by atoms with van der Waals surface area (Å²) in [5, 5.41) is 9.20. The molecule has 0 aromatic carbocycles. The van der Waals surface area contributed by atoms with Gasteiger partial charge in [0.15, 0.2) is 0 Å². The van der Waals surface area contributed by atoms with Crippen LogP contribution in [0.2, 0.25) is 0 Å². The highest BCUT2D eigenvalue weighted by molar-refractivity contribution is 6.08. The van der Waals surface area contributed by atoms with Gasteiger partial charge in [0.25, 0.3) is 0 Å². The van der Waals surface area contributed by atoms with Gasteiger partial charge in [-0.25, -0.2) is 4.79 Å². The third-order valence-electron chi connectivity index (χ3n) is 4.05. The molecule has 0 bridgehead atoms. The second-order valence-electron chi connectivity index (χ2n) is 5.09. The Labute approximate surface area is 117 Å². The smallest absolute Gasteiger partial charge is 0.326 e. The number of carboxylic acids is 1. The molecule has 0 aromatic rings. The summed E-state index contributed by atoms with van der Waals surface area (Å²) >= 11 is 0. The molecule has 1 aliphatic rings. The minimum atomic E-state index is -1.32. The first-order valence-corrected chi connectivity index (χ1v) is 6.66. The van der Waals surface area contributed by atoms with Crippen molar-refractivity contribution in [1.82, 2.24) is 4.90 Å². The van der Waals surface area contributed by atoms with E-state index in [2.05, 4.69) is 0 Å². The first-order valence-electron chi connectivity index (χ1n) is 6.66. The Kier molecular flexibility index (Phi) is 4.86. The molecule has 3 amide bonds. The van der Waals surface area contributed by atoms with E-state index in [0.717, 1.165) is 4.90 Å². The fourth-order valence-corrected chi connectivity index (χ4v) is 2.58. The lowest BCUT2D eigenvalue weighted by Gasteiger charge is -2.26. The van der Waals surface area contributed by atoms with Gasteiger partial charge >= 0.3 is 5.97 Å². The van der Waals surface area contributed by atoms with Crippen molar-refractivity contribution >= 4 is 23.7 Å². The van der Waals surface area contributed by atoms with E-state index in [1.165, 1.54) is 0 Å². The van der Waals surface area contributed by atoms with Crippen molar-refractivity contribution in [3.63, 3.8) is 0 Å². The molecule has 3 N–H and O–H groups in total. The zero-order valence-electron chi connectivity index (χ0n) is 11.7. The lowest BCUT2D eigenvalue weighted by molar-refractivity contribution is -0.156. The van der Waals surface area contributed by atoms with Crippen LogP contribution in [-0.4, -0.2) is 39.7 Å². The van der Waals surface area contributed by atoms with Crippen molar-refractivity contribution in [3.05, 3.63) is 0 Å². The minimum Gasteiger partial charge on any atom is -0.480 e. The Bertz CT molecular complexity index is 442. The van der Waals surface area contributed by atoms with Gasteiger partial charge in [-0.15, -0.1) is 0 Å². The van der Waals surface area contributed by atoms with E-state index in [4.69, 9.17) is 5.73 Å². The molecule has 20 heavy (non-hydrogen) atoms. The van der Waals surface area contributed by atoms with Crippen LogP contribution in [0, 0.1) is 5.41 Å². The molecule has 1 aliphatic heterocycles. The number of carbonyl (C=O) groups is 4. The number of imide groups is 1. The molecular formula is C13H20N2O5. The maximum Gasteiger partial charge on any atom is 0.326 e. The first-order chi connectivity index (χ1) is 9.29. The van der Waals surface area contributed by atoms with Gasteiger partial charge in [-0.05, 0) is 19.3 Å². The molecule has 7 heteroatoms. The van der Waals surface area contributed by atoms with E-state index in [1.54, 1.807) is 13.8 Å². The van der Waals surface area contributed by atoms with Crippen LogP contribution in [0.4, 0.5) is 0 Å². The second kappa shape index (κ2) is 6.02. The predicted octanol–water partition coefficient (Wildman–Crippen LogP) is 0.270. The number of hydrogen-bond acceptors (Lipinski definition) is 4. The summed E-state index contributed by atoms with van der Waals surface area (Å²) in [5.41, 5.74) is 4.19. The molecular weight excluding hydrogens is 264 g/mol. The average Bonchev–Trinajstić information content (AvgIpc) is 2.62. The quantitative estimate of drug-likeness (QED) is 0.650. The molecule has 7 nitrogen and oxygen atoms in total. The predicted molar refractivity (Wildman–Crippen MR) is 69.3 cm³/mol. The van der Waals surface area contributed by atoms with Crippen LogP contribution in [0.3, 0.4) is 0 Å². The molecule has 1 atom stereocenters. The molecule has 0 radical (unpaired) electrons. The number of carbonyl (C=O) groups excluding carboxylic acids is 3. The lowest BCUT2D eigenvalue weighted by atomic mass is 9.81. The molecule has 1 fully saturated rings. The number of likely N-dealkylation sites (tertiary alicyclic amines) is 1. The number of primary amides is 1. The van der Waals surface area contributed by atoms with E-state index in [1.807, 2.05) is 0 Å². The van der Waals surface area contributed by atoms with Gasteiger partial charge < -0.3 is 10.8 Å². The van der Waals surface area contributed by atoms with Crippen molar-refractivity contribution in [2.45, 2.75) is 52.0 Å². The molecule has 0 aliphatic carbocycles. The van der Waals surface area contributed by atoms with Crippen LogP contribution >= 0.6 is 0 Å². The normalized spacial score (nSPS) is 19.2. The summed E-state index contributed by atoms with van der Waals surface area (Å²) in [7, 11) is 0. The number of rotatable bonds is 7. The Morgan fingerprint density at radius 1 is 1.35 bits per heavy atom. The zero-order valence-corrected chi connectivity index (χ0v) is 11.7. The highest BCUT2D eigenvalue weighted by atomic mass is 16.4. The first kappa shape index (κ1) is 16.1. The van der Waals surface area contributed by atoms with Crippen molar-refractivity contribution in [3.8, 4) is 0 Å². The van der Waals surface area contributed by atoms with Gasteiger partial charge in [-0.1, -0.05) is 13.8 Å². The largest absolute Gasteiger partial charge is 0.480 e. The molecule has 0 aromatic heterocycles. The molecule has 0 spiro atoms. The third-order valence-corrected chi connectivity index (χ3v) is 4.05. The lowest BCUT2D eigenvalue weighted by Crippen LogP contribution is -2.47. The van der Waals surface area contributed by atoms with E-state index in [0.29, 0.717) is 12.8 Å². The fraction of sp³-hybridized carbons (Fsp3) is 0.692. The van der Waals surface area contributed by atoms with Crippen LogP contribution in [0.1, 0.15) is 46.0 Å². The Hall–Kier alpha value is -1.92. The standard InChI is InChI=1S/C13H20N2O5/c1-3-13(4-2)7-10(17)15(12(13)20)8(11(18)19)5-6-9(14)16/h8H,3-7H2,1-2H3,(H2,14,16)(H,18,19). The molecule has 1 unspecified atom stereocenters. The number of nitrogens with zero attached hydrogens (tertiary/aromatic N) is 1. The number of aliphatic carboxylic acids is 1. The monoisotopic (exact) mass is 284 g/mol. The highest BCUT2D eigenvalue weighted by Gasteiger charge is 2.52. The second-order valence-corrected chi connectivity index (χ2v) is 5.09. The maximum atomic E-state index is 12.4. The van der Waals surface area contributed by atoms with E-state index < -0.39 is 35.1 Å². The molecule has 1 rings (SSSR count). The van der Waals surface area contributed by atoms with E-state index >= 15 is 0 Å². The highest BCUT2D eigenvalue weighted by Crippen LogP contribution is 2.40. The summed E-state index contributed by atoms with van der Waals surface area (Å²) in [5.74, 6) is -2.90.